The van der Waals surface area contributed by atoms with E-state index in [0.717, 1.165) is 11.1 Å². The van der Waals surface area contributed by atoms with E-state index in [-0.39, 0.29) is 6.61 Å². The van der Waals surface area contributed by atoms with Crippen molar-refractivity contribution in [2.75, 3.05) is 13.2 Å². The first kappa shape index (κ1) is 19.6. The van der Waals surface area contributed by atoms with Crippen LogP contribution in [0.5, 0.6) is 5.88 Å². The van der Waals surface area contributed by atoms with Gasteiger partial charge in [-0.1, -0.05) is 42.5 Å². The molecule has 0 aliphatic rings. The normalized spacial score (nSPS) is 11.5. The molecule has 1 heterocycles. The highest BCUT2D eigenvalue weighted by Gasteiger charge is 2.18. The molecule has 0 saturated carbocycles. The van der Waals surface area contributed by atoms with Crippen molar-refractivity contribution < 1.29 is 18.8 Å². The third-order valence-corrected chi connectivity index (χ3v) is 3.35. The van der Waals surface area contributed by atoms with Crippen LogP contribution in [0, 0.1) is 0 Å². The van der Waals surface area contributed by atoms with Gasteiger partial charge in [-0.25, -0.2) is 4.79 Å². The maximum absolute atomic E-state index is 11.6. The number of allylic oxidation sites excluding steroid dienone is 2. The van der Waals surface area contributed by atoms with Crippen molar-refractivity contribution >= 4 is 6.09 Å². The highest BCUT2D eigenvalue weighted by Crippen LogP contribution is 2.31. The molecule has 0 atom stereocenters. The maximum Gasteiger partial charge on any atom is 0.407 e. The molecule has 2 rings (SSSR count). The molecule has 0 saturated heterocycles. The van der Waals surface area contributed by atoms with Gasteiger partial charge in [0.25, 0.3) is 5.88 Å². The van der Waals surface area contributed by atoms with Gasteiger partial charge in [-0.05, 0) is 39.3 Å². The smallest absolute Gasteiger partial charge is 0.407 e. The molecule has 0 spiro atoms. The first-order valence-corrected chi connectivity index (χ1v) is 8.65. The number of carbonyl (C=O) groups is 1. The lowest BCUT2D eigenvalue weighted by molar-refractivity contribution is 0.0519. The molecule has 0 radical (unpaired) electrons. The second kappa shape index (κ2) is 9.08. The second-order valence-corrected chi connectivity index (χ2v) is 6.71. The van der Waals surface area contributed by atoms with Crippen molar-refractivity contribution in [2.45, 2.75) is 39.7 Å². The minimum Gasteiger partial charge on any atom is -0.473 e. The van der Waals surface area contributed by atoms with E-state index in [1.807, 2.05) is 70.2 Å². The Hall–Kier alpha value is -2.76. The molecule has 6 heteroatoms. The third-order valence-electron chi connectivity index (χ3n) is 3.35. The van der Waals surface area contributed by atoms with Crippen molar-refractivity contribution in [3.8, 4) is 17.2 Å². The lowest BCUT2D eigenvalue weighted by atomic mass is 10.1. The molecule has 1 amide bonds. The highest BCUT2D eigenvalue weighted by atomic mass is 16.6. The van der Waals surface area contributed by atoms with E-state index in [1.54, 1.807) is 0 Å². The molecule has 1 aromatic carbocycles. The van der Waals surface area contributed by atoms with Crippen LogP contribution in [0.3, 0.4) is 0 Å². The van der Waals surface area contributed by atoms with Crippen LogP contribution in [0.4, 0.5) is 4.79 Å². The molecule has 1 aromatic heterocycles. The molecule has 2 aromatic rings. The first-order valence-electron chi connectivity index (χ1n) is 8.65. The van der Waals surface area contributed by atoms with Gasteiger partial charge < -0.3 is 19.3 Å². The number of alkyl carbamates (subject to hydrolysis) is 1. The van der Waals surface area contributed by atoms with E-state index in [2.05, 4.69) is 10.5 Å². The number of nitrogens with zero attached hydrogens (tertiary/aromatic N) is 1. The van der Waals surface area contributed by atoms with Gasteiger partial charge in [0.05, 0.1) is 12.1 Å². The van der Waals surface area contributed by atoms with Crippen molar-refractivity contribution in [3.63, 3.8) is 0 Å². The van der Waals surface area contributed by atoms with Gasteiger partial charge in [-0.15, -0.1) is 0 Å². The van der Waals surface area contributed by atoms with Crippen LogP contribution in [0.2, 0.25) is 0 Å². The summed E-state index contributed by atoms with van der Waals surface area (Å²) in [6.45, 7) is 7.99. The number of amides is 1. The standard InChI is InChI=1S/C20H26N2O4/c1-5-6-12-16-17(15-10-8-7-9-11-15)26-22-18(16)24-14-13-21-19(23)25-20(2,3)4/h5-11H,12-14H2,1-4H3,(H,21,23). The fourth-order valence-electron chi connectivity index (χ4n) is 2.26. The Morgan fingerprint density at radius 2 is 2.00 bits per heavy atom. The zero-order valence-corrected chi connectivity index (χ0v) is 15.7. The predicted molar refractivity (Wildman–Crippen MR) is 100 cm³/mol. The molecule has 140 valence electrons. The van der Waals surface area contributed by atoms with Crippen molar-refractivity contribution in [3.05, 3.63) is 48.0 Å². The number of carbonyl (C=O) groups excluding carboxylic acids is 1. The largest absolute Gasteiger partial charge is 0.473 e. The summed E-state index contributed by atoms with van der Waals surface area (Å²) in [6.07, 6.45) is 4.17. The number of nitrogens with one attached hydrogen (secondary N) is 1. The molecule has 6 nitrogen and oxygen atoms in total. The van der Waals surface area contributed by atoms with E-state index in [1.165, 1.54) is 0 Å². The first-order chi connectivity index (χ1) is 12.4. The highest BCUT2D eigenvalue weighted by molar-refractivity contribution is 5.67. The van der Waals surface area contributed by atoms with Crippen LogP contribution >= 0.6 is 0 Å². The van der Waals surface area contributed by atoms with Crippen molar-refractivity contribution in [1.29, 1.82) is 0 Å². The van der Waals surface area contributed by atoms with Gasteiger partial charge in [0.15, 0.2) is 5.76 Å². The fraction of sp³-hybridized carbons (Fsp3) is 0.400. The van der Waals surface area contributed by atoms with Gasteiger partial charge in [0.1, 0.15) is 12.2 Å². The summed E-state index contributed by atoms with van der Waals surface area (Å²) in [6, 6.07) is 9.78. The Morgan fingerprint density at radius 3 is 2.65 bits per heavy atom. The van der Waals surface area contributed by atoms with Crippen molar-refractivity contribution in [1.82, 2.24) is 10.5 Å². The van der Waals surface area contributed by atoms with Gasteiger partial charge in [-0.3, -0.25) is 0 Å². The predicted octanol–water partition coefficient (Wildman–Crippen LogP) is 4.36. The Morgan fingerprint density at radius 1 is 1.27 bits per heavy atom. The van der Waals surface area contributed by atoms with Crippen LogP contribution < -0.4 is 10.1 Å². The Bertz CT molecular complexity index is 730. The van der Waals surface area contributed by atoms with Crippen LogP contribution in [0.15, 0.2) is 47.0 Å². The molecule has 0 bridgehead atoms. The second-order valence-electron chi connectivity index (χ2n) is 6.71. The quantitative estimate of drug-likeness (QED) is 0.588. The van der Waals surface area contributed by atoms with Crippen LogP contribution in [0.1, 0.15) is 33.3 Å². The summed E-state index contributed by atoms with van der Waals surface area (Å²) < 4.78 is 16.4. The maximum atomic E-state index is 11.6. The molecule has 1 N–H and O–H groups in total. The zero-order valence-electron chi connectivity index (χ0n) is 15.7. The molecule has 0 aliphatic heterocycles. The van der Waals surface area contributed by atoms with Gasteiger partial charge >= 0.3 is 6.09 Å². The third kappa shape index (κ3) is 5.95. The van der Waals surface area contributed by atoms with E-state index < -0.39 is 11.7 Å². The number of rotatable bonds is 7. The minimum absolute atomic E-state index is 0.267. The van der Waals surface area contributed by atoms with Gasteiger partial charge in [-0.2, -0.15) is 0 Å². The number of hydrogen-bond acceptors (Lipinski definition) is 5. The van der Waals surface area contributed by atoms with E-state index in [4.69, 9.17) is 14.0 Å². The lowest BCUT2D eigenvalue weighted by Crippen LogP contribution is -2.34. The average Bonchev–Trinajstić information content (AvgIpc) is 2.99. The molecule has 26 heavy (non-hydrogen) atoms. The Balaban J connectivity index is 1.98. The summed E-state index contributed by atoms with van der Waals surface area (Å²) in [4.78, 5) is 11.6. The molecule has 0 unspecified atom stereocenters. The van der Waals surface area contributed by atoms with E-state index in [9.17, 15) is 4.79 Å². The fourth-order valence-corrected chi connectivity index (χ4v) is 2.26. The summed E-state index contributed by atoms with van der Waals surface area (Å²) >= 11 is 0. The lowest BCUT2D eigenvalue weighted by Gasteiger charge is -2.19. The van der Waals surface area contributed by atoms with Crippen LogP contribution in [-0.4, -0.2) is 30.0 Å². The minimum atomic E-state index is -0.526. The Labute approximate surface area is 154 Å². The van der Waals surface area contributed by atoms with Gasteiger partial charge in [0.2, 0.25) is 0 Å². The Kier molecular flexibility index (Phi) is 6.83. The summed E-state index contributed by atoms with van der Waals surface area (Å²) in [5.41, 5.74) is 1.30. The van der Waals surface area contributed by atoms with Crippen molar-refractivity contribution in [2.24, 2.45) is 0 Å². The monoisotopic (exact) mass is 358 g/mol. The average molecular weight is 358 g/mol. The van der Waals surface area contributed by atoms with E-state index >= 15 is 0 Å². The number of aromatic nitrogens is 1. The van der Waals surface area contributed by atoms with Crippen LogP contribution in [-0.2, 0) is 11.2 Å². The summed E-state index contributed by atoms with van der Waals surface area (Å²) in [5.74, 6) is 1.13. The molecule has 0 aliphatic carbocycles. The SMILES string of the molecule is CC=CCc1c(OCCNC(=O)OC(C)(C)C)noc1-c1ccccc1. The molecular weight excluding hydrogens is 332 g/mol. The van der Waals surface area contributed by atoms with Crippen LogP contribution in [0.25, 0.3) is 11.3 Å². The molecular formula is C20H26N2O4. The number of ether oxygens (including phenoxy) is 2. The number of benzene rings is 1. The topological polar surface area (TPSA) is 73.6 Å². The summed E-state index contributed by atoms with van der Waals surface area (Å²) in [7, 11) is 0. The van der Waals surface area contributed by atoms with Gasteiger partial charge in [0, 0.05) is 5.56 Å². The molecule has 0 fully saturated rings. The number of hydrogen-bond donors (Lipinski definition) is 1. The zero-order chi connectivity index (χ0) is 19.0. The summed E-state index contributed by atoms with van der Waals surface area (Å²) in [5, 5.41) is 6.70. The van der Waals surface area contributed by atoms with E-state index in [0.29, 0.717) is 24.6 Å².